The first kappa shape index (κ1) is 18.7. The minimum atomic E-state index is -0.435. The first-order valence-electron chi connectivity index (χ1n) is 6.85. The Kier molecular flexibility index (Phi) is 7.12. The second-order valence-corrected chi connectivity index (χ2v) is 5.87. The third-order valence-electron chi connectivity index (χ3n) is 3.74. The van der Waals surface area contributed by atoms with Crippen LogP contribution >= 0.6 is 24.2 Å². The lowest BCUT2D eigenvalue weighted by molar-refractivity contribution is -0.387. The smallest absolute Gasteiger partial charge is 0.283 e. The van der Waals surface area contributed by atoms with Gasteiger partial charge in [0.2, 0.25) is 0 Å². The molecule has 0 spiro atoms. The largest absolute Gasteiger partial charge is 0.337 e. The monoisotopic (exact) mass is 345 g/mol. The number of nitrogens with one attached hydrogen (secondary N) is 1. The third-order valence-corrected chi connectivity index (χ3v) is 4.52. The average molecular weight is 346 g/mol. The Hall–Kier alpha value is -1.31. The summed E-state index contributed by atoms with van der Waals surface area (Å²) in [5.74, 6) is -0.134. The molecule has 1 atom stereocenters. The van der Waals surface area contributed by atoms with Gasteiger partial charge in [-0.3, -0.25) is 14.9 Å². The Morgan fingerprint density at radius 3 is 2.82 bits per heavy atom. The predicted octanol–water partition coefficient (Wildman–Crippen LogP) is 2.56. The van der Waals surface area contributed by atoms with Gasteiger partial charge in [0.05, 0.1) is 9.82 Å². The van der Waals surface area contributed by atoms with Crippen molar-refractivity contribution < 1.29 is 9.72 Å². The van der Waals surface area contributed by atoms with E-state index in [0.29, 0.717) is 29.6 Å². The molecule has 1 aromatic carbocycles. The van der Waals surface area contributed by atoms with Crippen molar-refractivity contribution in [2.75, 3.05) is 26.4 Å². The highest BCUT2D eigenvalue weighted by molar-refractivity contribution is 7.98. The number of hydrogen-bond acceptors (Lipinski definition) is 5. The maximum Gasteiger partial charge on any atom is 0.283 e. The molecular formula is C14H20ClN3O3S. The molecule has 1 heterocycles. The molecule has 1 amide bonds. The fourth-order valence-electron chi connectivity index (χ4n) is 2.55. The van der Waals surface area contributed by atoms with Gasteiger partial charge in [-0.1, -0.05) is 0 Å². The van der Waals surface area contributed by atoms with Crippen LogP contribution in [0.15, 0.2) is 23.1 Å². The van der Waals surface area contributed by atoms with E-state index in [9.17, 15) is 14.9 Å². The van der Waals surface area contributed by atoms with Gasteiger partial charge in [-0.05, 0) is 38.3 Å². The van der Waals surface area contributed by atoms with E-state index in [2.05, 4.69) is 5.32 Å². The fraction of sp³-hybridized carbons (Fsp3) is 0.500. The van der Waals surface area contributed by atoms with Crippen LogP contribution in [0.1, 0.15) is 23.2 Å². The lowest BCUT2D eigenvalue weighted by Crippen LogP contribution is -2.46. The first-order chi connectivity index (χ1) is 10.1. The predicted molar refractivity (Wildman–Crippen MR) is 90.1 cm³/mol. The van der Waals surface area contributed by atoms with E-state index in [1.165, 1.54) is 17.8 Å². The number of hydrogen-bond donors (Lipinski definition) is 1. The second-order valence-electron chi connectivity index (χ2n) is 5.02. The summed E-state index contributed by atoms with van der Waals surface area (Å²) in [5.41, 5.74) is 0.381. The van der Waals surface area contributed by atoms with Crippen molar-refractivity contribution in [2.24, 2.45) is 0 Å². The molecule has 1 N–H and O–H groups in total. The molecule has 22 heavy (non-hydrogen) atoms. The lowest BCUT2D eigenvalue weighted by Gasteiger charge is -2.32. The Morgan fingerprint density at radius 2 is 2.23 bits per heavy atom. The molecule has 1 unspecified atom stereocenters. The molecule has 1 fully saturated rings. The molecule has 0 aliphatic carbocycles. The standard InChI is InChI=1S/C14H19N3O3S.ClH/c1-15-11-4-3-7-16(9-11)14(18)10-5-6-13(21-2)12(8-10)17(19)20;/h5-6,8,11,15H,3-4,7,9H2,1-2H3;1H. The average Bonchev–Trinajstić information content (AvgIpc) is 2.53. The molecule has 1 aliphatic rings. The highest BCUT2D eigenvalue weighted by atomic mass is 35.5. The van der Waals surface area contributed by atoms with E-state index < -0.39 is 4.92 Å². The zero-order valence-corrected chi connectivity index (χ0v) is 14.2. The van der Waals surface area contributed by atoms with E-state index in [4.69, 9.17) is 0 Å². The van der Waals surface area contributed by atoms with E-state index in [1.807, 2.05) is 7.05 Å². The molecule has 0 bridgehead atoms. The highest BCUT2D eigenvalue weighted by Crippen LogP contribution is 2.29. The molecule has 0 radical (unpaired) electrons. The van der Waals surface area contributed by atoms with Gasteiger partial charge in [0.1, 0.15) is 0 Å². The molecule has 1 aromatic rings. The van der Waals surface area contributed by atoms with Crippen LogP contribution in [0.3, 0.4) is 0 Å². The molecule has 1 saturated heterocycles. The summed E-state index contributed by atoms with van der Waals surface area (Å²) < 4.78 is 0. The van der Waals surface area contributed by atoms with E-state index >= 15 is 0 Å². The summed E-state index contributed by atoms with van der Waals surface area (Å²) in [4.78, 5) is 25.5. The van der Waals surface area contributed by atoms with Crippen molar-refractivity contribution in [2.45, 2.75) is 23.8 Å². The van der Waals surface area contributed by atoms with Crippen LogP contribution in [-0.2, 0) is 0 Å². The van der Waals surface area contributed by atoms with Crippen molar-refractivity contribution in [3.8, 4) is 0 Å². The number of likely N-dealkylation sites (tertiary alicyclic amines) is 1. The maximum atomic E-state index is 12.5. The molecule has 2 rings (SSSR count). The lowest BCUT2D eigenvalue weighted by atomic mass is 10.0. The number of thioether (sulfide) groups is 1. The summed E-state index contributed by atoms with van der Waals surface area (Å²) in [6.07, 6.45) is 3.78. The molecule has 6 nitrogen and oxygen atoms in total. The number of likely N-dealkylation sites (N-methyl/N-ethyl adjacent to an activating group) is 1. The Balaban J connectivity index is 0.00000242. The number of amides is 1. The first-order valence-corrected chi connectivity index (χ1v) is 8.08. The van der Waals surface area contributed by atoms with Gasteiger partial charge in [0.15, 0.2) is 0 Å². The number of rotatable bonds is 4. The molecule has 8 heteroatoms. The molecule has 0 saturated carbocycles. The van der Waals surface area contributed by atoms with Crippen LogP contribution in [0.25, 0.3) is 0 Å². The van der Waals surface area contributed by atoms with E-state index in [-0.39, 0.29) is 24.0 Å². The number of benzene rings is 1. The van der Waals surface area contributed by atoms with Gasteiger partial charge in [-0.25, -0.2) is 0 Å². The number of carbonyl (C=O) groups is 1. The maximum absolute atomic E-state index is 12.5. The normalized spacial score (nSPS) is 17.7. The Morgan fingerprint density at radius 1 is 1.50 bits per heavy atom. The summed E-state index contributed by atoms with van der Waals surface area (Å²) >= 11 is 1.31. The second kappa shape index (κ2) is 8.36. The Labute approximate surface area is 140 Å². The zero-order valence-electron chi connectivity index (χ0n) is 12.6. The summed E-state index contributed by atoms with van der Waals surface area (Å²) in [5, 5.41) is 14.3. The van der Waals surface area contributed by atoms with E-state index in [1.54, 1.807) is 23.3 Å². The fourth-order valence-corrected chi connectivity index (χ4v) is 3.09. The van der Waals surface area contributed by atoms with Gasteiger partial charge >= 0.3 is 0 Å². The minimum Gasteiger partial charge on any atom is -0.337 e. The van der Waals surface area contributed by atoms with Crippen LogP contribution in [0.5, 0.6) is 0 Å². The van der Waals surface area contributed by atoms with E-state index in [0.717, 1.165) is 12.8 Å². The minimum absolute atomic E-state index is 0. The number of piperidine rings is 1. The topological polar surface area (TPSA) is 75.5 Å². The number of halogens is 1. The molecule has 0 aromatic heterocycles. The zero-order chi connectivity index (χ0) is 15.4. The van der Waals surface area contributed by atoms with Gasteiger partial charge < -0.3 is 10.2 Å². The number of nitro groups is 1. The summed E-state index contributed by atoms with van der Waals surface area (Å²) in [6.45, 7) is 1.35. The number of nitrogens with zero attached hydrogens (tertiary/aromatic N) is 2. The van der Waals surface area contributed by atoms with Crippen LogP contribution in [0.4, 0.5) is 5.69 Å². The molecular weight excluding hydrogens is 326 g/mol. The van der Waals surface area contributed by atoms with Crippen molar-refractivity contribution >= 4 is 35.8 Å². The third kappa shape index (κ3) is 4.12. The van der Waals surface area contributed by atoms with Crippen molar-refractivity contribution in [3.05, 3.63) is 33.9 Å². The van der Waals surface area contributed by atoms with Crippen LogP contribution in [0, 0.1) is 10.1 Å². The summed E-state index contributed by atoms with van der Waals surface area (Å²) in [6, 6.07) is 5.00. The number of carbonyl (C=O) groups excluding carboxylic acids is 1. The van der Waals surface area contributed by atoms with Crippen molar-refractivity contribution in [1.82, 2.24) is 10.2 Å². The van der Waals surface area contributed by atoms with Gasteiger partial charge in [0, 0.05) is 30.8 Å². The quantitative estimate of drug-likeness (QED) is 0.515. The van der Waals surface area contributed by atoms with Gasteiger partial charge in [-0.15, -0.1) is 24.2 Å². The van der Waals surface area contributed by atoms with Gasteiger partial charge in [-0.2, -0.15) is 0 Å². The number of nitro benzene ring substituents is 1. The van der Waals surface area contributed by atoms with Crippen LogP contribution in [-0.4, -0.2) is 48.2 Å². The Bertz CT molecular complexity index is 556. The molecule has 1 aliphatic heterocycles. The van der Waals surface area contributed by atoms with Crippen molar-refractivity contribution in [3.63, 3.8) is 0 Å². The van der Waals surface area contributed by atoms with Gasteiger partial charge in [0.25, 0.3) is 11.6 Å². The summed E-state index contributed by atoms with van der Waals surface area (Å²) in [7, 11) is 1.89. The van der Waals surface area contributed by atoms with Crippen LogP contribution in [0.2, 0.25) is 0 Å². The highest BCUT2D eigenvalue weighted by Gasteiger charge is 2.25. The SMILES string of the molecule is CNC1CCCN(C(=O)c2ccc(SC)c([N+](=O)[O-])c2)C1.Cl. The van der Waals surface area contributed by atoms with Crippen molar-refractivity contribution in [1.29, 1.82) is 0 Å². The molecule has 122 valence electrons. The van der Waals surface area contributed by atoms with Crippen LogP contribution < -0.4 is 5.32 Å².